The molecule has 0 aliphatic heterocycles. The van der Waals surface area contributed by atoms with Crippen molar-refractivity contribution in [1.29, 1.82) is 5.26 Å². The lowest BCUT2D eigenvalue weighted by atomic mass is 10.0. The first-order valence-corrected chi connectivity index (χ1v) is 12.6. The molecule has 0 spiro atoms. The molecule has 0 atom stereocenters. The predicted molar refractivity (Wildman–Crippen MR) is 146 cm³/mol. The summed E-state index contributed by atoms with van der Waals surface area (Å²) in [6.07, 6.45) is 0. The van der Waals surface area contributed by atoms with Crippen molar-refractivity contribution in [1.82, 2.24) is 4.98 Å². The highest BCUT2D eigenvalue weighted by atomic mass is 32.1. The minimum absolute atomic E-state index is 0.0376. The topological polar surface area (TPSA) is 80.6 Å². The number of nitrogens with zero attached hydrogens (tertiary/aromatic N) is 3. The number of thiazole rings is 1. The molecule has 0 N–H and O–H groups in total. The first-order chi connectivity index (χ1) is 17.9. The summed E-state index contributed by atoms with van der Waals surface area (Å²) in [5, 5.41) is 11.0. The highest BCUT2D eigenvalue weighted by Gasteiger charge is 2.12. The third-order valence-corrected chi connectivity index (χ3v) is 7.04. The zero-order valence-electron chi connectivity index (χ0n) is 21.0. The molecule has 0 saturated carbocycles. The molecule has 37 heavy (non-hydrogen) atoms. The lowest BCUT2D eigenvalue weighted by Crippen LogP contribution is -2.04. The quantitative estimate of drug-likeness (QED) is 0.241. The molecule has 2 heterocycles. The first kappa shape index (κ1) is 24.3. The molecular formula is C30H25N3O3S. The van der Waals surface area contributed by atoms with Crippen molar-refractivity contribution in [2.75, 3.05) is 13.7 Å². The Morgan fingerprint density at radius 1 is 0.919 bits per heavy atom. The Morgan fingerprint density at radius 2 is 1.68 bits per heavy atom. The van der Waals surface area contributed by atoms with Gasteiger partial charge in [0.2, 0.25) is 5.13 Å². The van der Waals surface area contributed by atoms with Crippen molar-refractivity contribution in [2.24, 2.45) is 4.99 Å². The van der Waals surface area contributed by atoms with E-state index in [0.717, 1.165) is 32.8 Å². The summed E-state index contributed by atoms with van der Waals surface area (Å²) in [5.74, 6) is 2.01. The number of aryl methyl sites for hydroxylation is 3. The molecule has 0 radical (unpaired) electrons. The Labute approximate surface area is 219 Å². The zero-order chi connectivity index (χ0) is 25.9. The fraction of sp³-hybridized carbons (Fsp3) is 0.167. The van der Waals surface area contributed by atoms with Gasteiger partial charge < -0.3 is 13.9 Å². The van der Waals surface area contributed by atoms with Crippen LogP contribution in [0.25, 0.3) is 33.6 Å². The lowest BCUT2D eigenvalue weighted by Gasteiger charge is -2.08. The van der Waals surface area contributed by atoms with Crippen LogP contribution in [0.2, 0.25) is 0 Å². The van der Waals surface area contributed by atoms with Gasteiger partial charge in [-0.25, -0.2) is 9.98 Å². The van der Waals surface area contributed by atoms with Crippen molar-refractivity contribution < 1.29 is 13.9 Å². The number of hydrogen-bond acceptors (Lipinski definition) is 7. The molecule has 0 unspecified atom stereocenters. The van der Waals surface area contributed by atoms with Crippen LogP contribution in [0.3, 0.4) is 0 Å². The van der Waals surface area contributed by atoms with Crippen LogP contribution in [0.5, 0.6) is 11.5 Å². The SMILES string of the molecule is COc1ccc(-c2cc(=Nc3nc(-c4ccc(C)c(C)c4)c(C)s3)c3cc(OCC#N)ccc3o2)cc1. The fourth-order valence-corrected chi connectivity index (χ4v) is 4.85. The number of rotatable bonds is 6. The monoisotopic (exact) mass is 507 g/mol. The summed E-state index contributed by atoms with van der Waals surface area (Å²) in [4.78, 5) is 10.9. The summed E-state index contributed by atoms with van der Waals surface area (Å²) in [5.41, 5.74) is 6.05. The van der Waals surface area contributed by atoms with Gasteiger partial charge in [0.15, 0.2) is 6.61 Å². The average molecular weight is 508 g/mol. The summed E-state index contributed by atoms with van der Waals surface area (Å²) in [6.45, 7) is 6.24. The molecule has 184 valence electrons. The van der Waals surface area contributed by atoms with Crippen LogP contribution >= 0.6 is 11.3 Å². The van der Waals surface area contributed by atoms with E-state index >= 15 is 0 Å². The van der Waals surface area contributed by atoms with Gasteiger partial charge in [0, 0.05) is 27.5 Å². The molecule has 0 fully saturated rings. The third kappa shape index (κ3) is 5.11. The van der Waals surface area contributed by atoms with Crippen LogP contribution in [0, 0.1) is 32.1 Å². The second-order valence-corrected chi connectivity index (χ2v) is 9.82. The number of fused-ring (bicyclic) bond motifs is 1. The highest BCUT2D eigenvalue weighted by Crippen LogP contribution is 2.33. The second kappa shape index (κ2) is 10.3. The minimum Gasteiger partial charge on any atom is -0.497 e. The number of benzene rings is 3. The second-order valence-electron chi connectivity index (χ2n) is 8.64. The van der Waals surface area contributed by atoms with E-state index in [9.17, 15) is 0 Å². The van der Waals surface area contributed by atoms with Crippen LogP contribution in [0.15, 0.2) is 76.1 Å². The number of ether oxygens (including phenoxy) is 2. The van der Waals surface area contributed by atoms with Gasteiger partial charge in [0.05, 0.1) is 18.2 Å². The van der Waals surface area contributed by atoms with Gasteiger partial charge in [0.1, 0.15) is 28.9 Å². The molecule has 5 rings (SSSR count). The number of hydrogen-bond donors (Lipinski definition) is 0. The Balaban J connectivity index is 1.67. The number of aromatic nitrogens is 1. The molecule has 3 aromatic carbocycles. The van der Waals surface area contributed by atoms with Gasteiger partial charge in [-0.05, 0) is 80.4 Å². The zero-order valence-corrected chi connectivity index (χ0v) is 21.8. The van der Waals surface area contributed by atoms with Crippen LogP contribution < -0.4 is 14.8 Å². The molecule has 5 aromatic rings. The highest BCUT2D eigenvalue weighted by molar-refractivity contribution is 7.15. The van der Waals surface area contributed by atoms with E-state index in [2.05, 4.69) is 39.0 Å². The van der Waals surface area contributed by atoms with Crippen molar-refractivity contribution in [2.45, 2.75) is 20.8 Å². The van der Waals surface area contributed by atoms with Gasteiger partial charge in [-0.3, -0.25) is 0 Å². The number of methoxy groups -OCH3 is 1. The van der Waals surface area contributed by atoms with E-state index in [-0.39, 0.29) is 6.61 Å². The molecule has 0 amide bonds. The Hall–Kier alpha value is -4.41. The van der Waals surface area contributed by atoms with Crippen LogP contribution in [-0.4, -0.2) is 18.7 Å². The van der Waals surface area contributed by atoms with E-state index in [1.54, 1.807) is 24.5 Å². The van der Waals surface area contributed by atoms with Crippen LogP contribution in [0.1, 0.15) is 16.0 Å². The van der Waals surface area contributed by atoms with Crippen molar-refractivity contribution in [3.8, 4) is 40.1 Å². The first-order valence-electron chi connectivity index (χ1n) is 11.8. The molecule has 2 aromatic heterocycles. The largest absolute Gasteiger partial charge is 0.497 e. The van der Waals surface area contributed by atoms with Crippen molar-refractivity contribution in [3.05, 3.63) is 88.1 Å². The molecule has 0 aliphatic rings. The third-order valence-electron chi connectivity index (χ3n) is 6.17. The maximum Gasteiger partial charge on any atom is 0.210 e. The maximum absolute atomic E-state index is 8.92. The average Bonchev–Trinajstić information content (AvgIpc) is 3.28. The summed E-state index contributed by atoms with van der Waals surface area (Å²) < 4.78 is 17.1. The van der Waals surface area contributed by atoms with E-state index in [1.165, 1.54) is 11.1 Å². The summed E-state index contributed by atoms with van der Waals surface area (Å²) in [7, 11) is 1.64. The van der Waals surface area contributed by atoms with Crippen molar-refractivity contribution in [3.63, 3.8) is 0 Å². The van der Waals surface area contributed by atoms with Gasteiger partial charge in [-0.15, -0.1) is 0 Å². The Kier molecular flexibility index (Phi) is 6.76. The predicted octanol–water partition coefficient (Wildman–Crippen LogP) is 7.29. The molecule has 0 aliphatic carbocycles. The van der Waals surface area contributed by atoms with E-state index in [4.69, 9.17) is 29.1 Å². The summed E-state index contributed by atoms with van der Waals surface area (Å²) in [6, 6.07) is 23.4. The normalized spacial score (nSPS) is 11.5. The molecule has 0 saturated heterocycles. The van der Waals surface area contributed by atoms with Gasteiger partial charge >= 0.3 is 0 Å². The molecule has 0 bridgehead atoms. The van der Waals surface area contributed by atoms with E-state index < -0.39 is 0 Å². The smallest absolute Gasteiger partial charge is 0.210 e. The van der Waals surface area contributed by atoms with Gasteiger partial charge in [-0.1, -0.05) is 23.5 Å². The van der Waals surface area contributed by atoms with E-state index in [0.29, 0.717) is 27.6 Å². The summed E-state index contributed by atoms with van der Waals surface area (Å²) >= 11 is 1.55. The molecule has 6 nitrogen and oxygen atoms in total. The Morgan fingerprint density at radius 3 is 2.41 bits per heavy atom. The maximum atomic E-state index is 8.92. The Bertz CT molecular complexity index is 1710. The van der Waals surface area contributed by atoms with Gasteiger partial charge in [-0.2, -0.15) is 5.26 Å². The lowest BCUT2D eigenvalue weighted by molar-refractivity contribution is 0.368. The van der Waals surface area contributed by atoms with Crippen LogP contribution in [0.4, 0.5) is 5.13 Å². The molecule has 7 heteroatoms. The standard InChI is InChI=1S/C30H25N3O3S/c1-18-5-6-22(15-19(18)2)29-20(3)37-30(33-29)32-26-17-28(21-7-9-23(34-4)10-8-21)36-27-12-11-24(16-25(26)27)35-14-13-31/h5-12,15-17H,14H2,1-4H3. The minimum atomic E-state index is -0.0376. The number of nitriles is 1. The van der Waals surface area contributed by atoms with Gasteiger partial charge in [0.25, 0.3) is 0 Å². The molecular weight excluding hydrogens is 482 g/mol. The van der Waals surface area contributed by atoms with Crippen LogP contribution in [-0.2, 0) is 0 Å². The fourth-order valence-electron chi connectivity index (χ4n) is 4.03. The van der Waals surface area contributed by atoms with Crippen molar-refractivity contribution >= 4 is 27.4 Å². The van der Waals surface area contributed by atoms with E-state index in [1.807, 2.05) is 48.5 Å².